The largest absolute Gasteiger partial charge is 0.350 e. The van der Waals surface area contributed by atoms with Gasteiger partial charge in [-0.2, -0.15) is 10.2 Å². The Morgan fingerprint density at radius 1 is 1.23 bits per heavy atom. The van der Waals surface area contributed by atoms with E-state index in [0.717, 1.165) is 34.0 Å². The first kappa shape index (κ1) is 20.0. The molecule has 2 N–H and O–H groups in total. The molecule has 8 nitrogen and oxygen atoms in total. The molecule has 9 heteroatoms. The average Bonchev–Trinajstić information content (AvgIpc) is 3.38. The molecule has 3 heterocycles. The fourth-order valence-corrected chi connectivity index (χ4v) is 5.55. The van der Waals surface area contributed by atoms with Crippen LogP contribution in [0.3, 0.4) is 0 Å². The summed E-state index contributed by atoms with van der Waals surface area (Å²) < 4.78 is 0. The minimum Gasteiger partial charge on any atom is -0.350 e. The van der Waals surface area contributed by atoms with E-state index >= 15 is 0 Å². The minimum absolute atomic E-state index is 0.126. The molecule has 1 unspecified atom stereocenters. The molecule has 1 atom stereocenters. The van der Waals surface area contributed by atoms with Gasteiger partial charge in [0, 0.05) is 41.5 Å². The molecular formula is C22H24N6O2S. The Hall–Kier alpha value is -2.88. The Kier molecular flexibility index (Phi) is 4.76. The number of carbonyl (C=O) groups excluding carboxylic acids is 2. The molecule has 0 spiro atoms. The van der Waals surface area contributed by atoms with Gasteiger partial charge in [0.25, 0.3) is 0 Å². The van der Waals surface area contributed by atoms with Crippen LogP contribution in [0.25, 0.3) is 5.70 Å². The maximum Gasteiger partial charge on any atom is 0.334 e. The highest BCUT2D eigenvalue weighted by Crippen LogP contribution is 2.50. The summed E-state index contributed by atoms with van der Waals surface area (Å²) in [5, 5.41) is 12.2. The summed E-state index contributed by atoms with van der Waals surface area (Å²) in [5.74, 6) is -0.126. The Balaban J connectivity index is 1.61. The number of piperazine rings is 1. The van der Waals surface area contributed by atoms with Crippen molar-refractivity contribution in [2.75, 3.05) is 38.2 Å². The second-order valence-electron chi connectivity index (χ2n) is 8.18. The van der Waals surface area contributed by atoms with Crippen molar-refractivity contribution in [3.63, 3.8) is 0 Å². The number of azo groups is 1. The van der Waals surface area contributed by atoms with Crippen molar-refractivity contribution in [3.8, 4) is 0 Å². The van der Waals surface area contributed by atoms with Gasteiger partial charge >= 0.3 is 6.03 Å². The number of thiophene rings is 1. The van der Waals surface area contributed by atoms with E-state index in [1.165, 1.54) is 5.01 Å². The van der Waals surface area contributed by atoms with Crippen molar-refractivity contribution in [2.45, 2.75) is 19.9 Å². The lowest BCUT2D eigenvalue weighted by Crippen LogP contribution is -2.56. The van der Waals surface area contributed by atoms with Crippen LogP contribution < -0.4 is 10.7 Å². The quantitative estimate of drug-likeness (QED) is 0.796. The van der Waals surface area contributed by atoms with Crippen LogP contribution in [0.2, 0.25) is 0 Å². The predicted molar refractivity (Wildman–Crippen MR) is 120 cm³/mol. The lowest BCUT2D eigenvalue weighted by Gasteiger charge is -2.39. The number of likely N-dealkylation sites (N-methyl/N-ethyl adjacent to an activating group) is 1. The third-order valence-electron chi connectivity index (χ3n) is 6.14. The highest BCUT2D eigenvalue weighted by molar-refractivity contribution is 7.12. The van der Waals surface area contributed by atoms with E-state index in [0.29, 0.717) is 35.6 Å². The van der Waals surface area contributed by atoms with Crippen molar-refractivity contribution in [2.24, 2.45) is 16.0 Å². The molecule has 1 aromatic heterocycles. The number of fused-ring (bicyclic) bond motifs is 3. The second kappa shape index (κ2) is 7.37. The Bertz CT molecular complexity index is 1160. The number of anilines is 1. The summed E-state index contributed by atoms with van der Waals surface area (Å²) in [6, 6.07) is 6.57. The van der Waals surface area contributed by atoms with Gasteiger partial charge < -0.3 is 10.6 Å². The molecule has 160 valence electrons. The molecule has 0 saturated carbocycles. The standard InChI is InChI=1S/C22H24N6O2S/c1-12-11-15(13(2)31-12)20-18-19(24-25-20)14-5-4-6-16(17(14)21(18)29)28(22(23)30)27-9-7-26(3)8-10-27/h4-6,11,19H,7-10H2,1-3H3,(H2,23,30). The molecule has 5 rings (SSSR count). The molecule has 2 aromatic rings. The first-order chi connectivity index (χ1) is 14.9. The Morgan fingerprint density at radius 3 is 2.61 bits per heavy atom. The average molecular weight is 437 g/mol. The Morgan fingerprint density at radius 2 is 1.97 bits per heavy atom. The molecule has 3 aliphatic rings. The van der Waals surface area contributed by atoms with Gasteiger partial charge in [-0.05, 0) is 38.6 Å². The van der Waals surface area contributed by atoms with Crippen LogP contribution in [0, 0.1) is 13.8 Å². The molecule has 2 amide bonds. The van der Waals surface area contributed by atoms with Gasteiger partial charge in [0.1, 0.15) is 11.7 Å². The maximum atomic E-state index is 13.7. The smallest absolute Gasteiger partial charge is 0.334 e. The molecule has 1 aliphatic carbocycles. The van der Waals surface area contributed by atoms with Crippen LogP contribution >= 0.6 is 11.3 Å². The number of nitrogens with two attached hydrogens (primary N) is 1. The van der Waals surface area contributed by atoms with Gasteiger partial charge in [0.2, 0.25) is 0 Å². The summed E-state index contributed by atoms with van der Waals surface area (Å²) >= 11 is 1.68. The molecule has 1 fully saturated rings. The van der Waals surface area contributed by atoms with Gasteiger partial charge in [0.15, 0.2) is 5.78 Å². The van der Waals surface area contributed by atoms with Crippen LogP contribution in [0.4, 0.5) is 10.5 Å². The molecule has 0 bridgehead atoms. The SMILES string of the molecule is Cc1cc(C2=C3C(=O)c4c(cccc4N(C(N)=O)N4CCN(C)CC4)C3N=N2)c(C)s1. The zero-order valence-electron chi connectivity index (χ0n) is 17.8. The maximum absolute atomic E-state index is 13.7. The van der Waals surface area contributed by atoms with E-state index in [9.17, 15) is 9.59 Å². The predicted octanol–water partition coefficient (Wildman–Crippen LogP) is 3.53. The van der Waals surface area contributed by atoms with Crippen LogP contribution in [-0.2, 0) is 0 Å². The van der Waals surface area contributed by atoms with E-state index < -0.39 is 12.1 Å². The normalized spacial score (nSPS) is 21.0. The van der Waals surface area contributed by atoms with Crippen LogP contribution in [0.5, 0.6) is 0 Å². The molecular weight excluding hydrogens is 412 g/mol. The van der Waals surface area contributed by atoms with Crippen LogP contribution in [0.1, 0.15) is 37.3 Å². The number of amides is 2. The van der Waals surface area contributed by atoms with Crippen molar-refractivity contribution in [1.29, 1.82) is 0 Å². The number of rotatable bonds is 3. The first-order valence-electron chi connectivity index (χ1n) is 10.3. The van der Waals surface area contributed by atoms with Crippen LogP contribution in [0.15, 0.2) is 40.1 Å². The number of urea groups is 1. The lowest BCUT2D eigenvalue weighted by atomic mass is 10.0. The van der Waals surface area contributed by atoms with Gasteiger partial charge in [-0.25, -0.2) is 14.8 Å². The third-order valence-corrected chi connectivity index (χ3v) is 7.10. The van der Waals surface area contributed by atoms with Crippen molar-refractivity contribution in [1.82, 2.24) is 9.91 Å². The van der Waals surface area contributed by atoms with Crippen LogP contribution in [-0.4, -0.2) is 54.9 Å². The lowest BCUT2D eigenvalue weighted by molar-refractivity contribution is 0.103. The highest BCUT2D eigenvalue weighted by Gasteiger charge is 2.44. The fourth-order valence-electron chi connectivity index (χ4n) is 4.62. The number of benzene rings is 1. The fraction of sp³-hybridized carbons (Fsp3) is 0.364. The summed E-state index contributed by atoms with van der Waals surface area (Å²) in [6.45, 7) is 7.01. The monoisotopic (exact) mass is 436 g/mol. The van der Waals surface area contributed by atoms with Crippen molar-refractivity contribution < 1.29 is 9.59 Å². The van der Waals surface area contributed by atoms with Gasteiger partial charge in [0.05, 0.1) is 16.8 Å². The number of primary amides is 1. The van der Waals surface area contributed by atoms with Crippen molar-refractivity contribution in [3.05, 3.63) is 56.3 Å². The summed E-state index contributed by atoms with van der Waals surface area (Å²) in [7, 11) is 2.05. The van der Waals surface area contributed by atoms with E-state index in [4.69, 9.17) is 5.73 Å². The number of nitrogens with zero attached hydrogens (tertiary/aromatic N) is 5. The second-order valence-corrected chi connectivity index (χ2v) is 9.65. The first-order valence-corrected chi connectivity index (χ1v) is 11.1. The highest BCUT2D eigenvalue weighted by atomic mass is 32.1. The van der Waals surface area contributed by atoms with Crippen molar-refractivity contribution >= 4 is 34.5 Å². The van der Waals surface area contributed by atoms with E-state index in [2.05, 4.69) is 21.2 Å². The Labute approximate surface area is 184 Å². The zero-order valence-corrected chi connectivity index (χ0v) is 18.6. The third kappa shape index (κ3) is 3.12. The number of hydrogen-bond acceptors (Lipinski definition) is 7. The minimum atomic E-state index is -0.594. The molecule has 1 aromatic carbocycles. The van der Waals surface area contributed by atoms with Gasteiger partial charge in [-0.3, -0.25) is 4.79 Å². The number of aryl methyl sites for hydroxylation is 2. The topological polar surface area (TPSA) is 94.6 Å². The summed E-state index contributed by atoms with van der Waals surface area (Å²) in [4.78, 5) is 30.7. The molecule has 2 aliphatic heterocycles. The number of hydrogen-bond donors (Lipinski definition) is 1. The molecule has 1 saturated heterocycles. The molecule has 31 heavy (non-hydrogen) atoms. The summed E-state index contributed by atoms with van der Waals surface area (Å²) in [5.41, 5.74) is 9.79. The number of Topliss-reactive ketones (excluding diaryl/α,β-unsaturated/α-hetero) is 1. The number of carbonyl (C=O) groups is 2. The van der Waals surface area contributed by atoms with E-state index in [1.54, 1.807) is 17.4 Å². The zero-order chi connectivity index (χ0) is 21.9. The van der Waals surface area contributed by atoms with E-state index in [-0.39, 0.29) is 5.78 Å². The van der Waals surface area contributed by atoms with E-state index in [1.807, 2.05) is 38.0 Å². The van der Waals surface area contributed by atoms with Gasteiger partial charge in [-0.15, -0.1) is 11.3 Å². The molecule has 0 radical (unpaired) electrons. The number of hydrazine groups is 1. The number of ketones is 1. The summed E-state index contributed by atoms with van der Waals surface area (Å²) in [6.07, 6.45) is 0. The van der Waals surface area contributed by atoms with Gasteiger partial charge in [-0.1, -0.05) is 12.1 Å².